The number of para-hydroxylation sites is 1. The number of nitrogens with one attached hydrogen (secondary N) is 1. The number of methoxy groups -OCH3 is 1. The molecular weight excluding hydrogens is 222 g/mol. The van der Waals surface area contributed by atoms with Crippen LogP contribution >= 0.6 is 0 Å². The van der Waals surface area contributed by atoms with Crippen LogP contribution in [0.4, 0.5) is 0 Å². The molecule has 1 fully saturated rings. The topological polar surface area (TPSA) is 21.3 Å². The third kappa shape index (κ3) is 3.05. The average Bonchev–Trinajstić information content (AvgIpc) is 2.94. The molecule has 0 saturated heterocycles. The van der Waals surface area contributed by atoms with Crippen molar-refractivity contribution in [3.8, 4) is 5.75 Å². The molecule has 1 aliphatic rings. The molecule has 0 amide bonds. The maximum absolute atomic E-state index is 5.55. The van der Waals surface area contributed by atoms with Crippen LogP contribution in [0.25, 0.3) is 0 Å². The zero-order chi connectivity index (χ0) is 12.8. The first-order valence-corrected chi connectivity index (χ1v) is 7.14. The Bertz CT molecular complexity index is 358. The van der Waals surface area contributed by atoms with E-state index in [2.05, 4.69) is 29.6 Å². The second-order valence-corrected chi connectivity index (χ2v) is 5.29. The molecule has 100 valence electrons. The van der Waals surface area contributed by atoms with Gasteiger partial charge in [0.05, 0.1) is 7.11 Å². The highest BCUT2D eigenvalue weighted by Crippen LogP contribution is 2.42. The van der Waals surface area contributed by atoms with Gasteiger partial charge in [-0.2, -0.15) is 0 Å². The van der Waals surface area contributed by atoms with Gasteiger partial charge in [0.25, 0.3) is 0 Å². The smallest absolute Gasteiger partial charge is 0.122 e. The zero-order valence-electron chi connectivity index (χ0n) is 11.6. The van der Waals surface area contributed by atoms with Gasteiger partial charge in [0.1, 0.15) is 5.75 Å². The minimum atomic E-state index is 0.649. The van der Waals surface area contributed by atoms with E-state index < -0.39 is 0 Å². The van der Waals surface area contributed by atoms with Crippen molar-refractivity contribution in [2.45, 2.75) is 38.0 Å². The van der Waals surface area contributed by atoms with Crippen molar-refractivity contribution in [3.63, 3.8) is 0 Å². The largest absolute Gasteiger partial charge is 0.496 e. The first-order valence-electron chi connectivity index (χ1n) is 7.14. The van der Waals surface area contributed by atoms with Crippen molar-refractivity contribution in [2.75, 3.05) is 20.7 Å². The van der Waals surface area contributed by atoms with Crippen LogP contribution in [-0.4, -0.2) is 20.7 Å². The standard InChI is InChI=1S/C16H25NO/c1-17-12-11-14(13-7-3-4-8-13)15-9-5-6-10-16(15)18-2/h5-6,9-10,13-14,17H,3-4,7-8,11-12H2,1-2H3. The van der Waals surface area contributed by atoms with E-state index in [0.29, 0.717) is 5.92 Å². The second-order valence-electron chi connectivity index (χ2n) is 5.29. The molecule has 18 heavy (non-hydrogen) atoms. The van der Waals surface area contributed by atoms with Gasteiger partial charge < -0.3 is 10.1 Å². The number of hydrogen-bond acceptors (Lipinski definition) is 2. The molecule has 2 nitrogen and oxygen atoms in total. The third-order valence-electron chi connectivity index (χ3n) is 4.21. The summed E-state index contributed by atoms with van der Waals surface area (Å²) in [5.74, 6) is 2.55. The van der Waals surface area contributed by atoms with Gasteiger partial charge in [0.15, 0.2) is 0 Å². The Labute approximate surface area is 111 Å². The number of rotatable bonds is 6. The Hall–Kier alpha value is -1.02. The lowest BCUT2D eigenvalue weighted by Gasteiger charge is -2.25. The normalized spacial score (nSPS) is 17.9. The van der Waals surface area contributed by atoms with E-state index in [-0.39, 0.29) is 0 Å². The van der Waals surface area contributed by atoms with E-state index in [1.807, 2.05) is 7.05 Å². The Balaban J connectivity index is 2.20. The van der Waals surface area contributed by atoms with Crippen LogP contribution in [0.3, 0.4) is 0 Å². The summed E-state index contributed by atoms with van der Waals surface area (Å²) in [7, 11) is 3.82. The van der Waals surface area contributed by atoms with E-state index in [9.17, 15) is 0 Å². The fourth-order valence-corrected chi connectivity index (χ4v) is 3.28. The van der Waals surface area contributed by atoms with Crippen molar-refractivity contribution >= 4 is 0 Å². The van der Waals surface area contributed by atoms with Gasteiger partial charge in [-0.05, 0) is 56.3 Å². The summed E-state index contributed by atoms with van der Waals surface area (Å²) in [4.78, 5) is 0. The van der Waals surface area contributed by atoms with Crippen molar-refractivity contribution in [3.05, 3.63) is 29.8 Å². The average molecular weight is 247 g/mol. The molecule has 0 heterocycles. The predicted octanol–water partition coefficient (Wildman–Crippen LogP) is 3.58. The van der Waals surface area contributed by atoms with E-state index in [4.69, 9.17) is 4.74 Å². The highest BCUT2D eigenvalue weighted by molar-refractivity contribution is 5.36. The van der Waals surface area contributed by atoms with E-state index in [1.54, 1.807) is 7.11 Å². The molecule has 1 aromatic rings. The summed E-state index contributed by atoms with van der Waals surface area (Å²) in [6, 6.07) is 8.54. The Morgan fingerprint density at radius 1 is 1.28 bits per heavy atom. The molecule has 0 aromatic heterocycles. The minimum Gasteiger partial charge on any atom is -0.496 e. The molecule has 1 N–H and O–H groups in total. The molecule has 0 radical (unpaired) electrons. The molecule has 0 aliphatic heterocycles. The summed E-state index contributed by atoms with van der Waals surface area (Å²) in [6.07, 6.45) is 6.77. The fraction of sp³-hybridized carbons (Fsp3) is 0.625. The van der Waals surface area contributed by atoms with Gasteiger partial charge in [-0.15, -0.1) is 0 Å². The van der Waals surface area contributed by atoms with E-state index in [0.717, 1.165) is 18.2 Å². The summed E-state index contributed by atoms with van der Waals surface area (Å²) in [5.41, 5.74) is 1.40. The summed E-state index contributed by atoms with van der Waals surface area (Å²) >= 11 is 0. The highest BCUT2D eigenvalue weighted by atomic mass is 16.5. The van der Waals surface area contributed by atoms with Crippen molar-refractivity contribution in [1.82, 2.24) is 5.32 Å². The van der Waals surface area contributed by atoms with Gasteiger partial charge in [-0.3, -0.25) is 0 Å². The van der Waals surface area contributed by atoms with Crippen molar-refractivity contribution in [2.24, 2.45) is 5.92 Å². The Kier molecular flexibility index (Phi) is 5.06. The lowest BCUT2D eigenvalue weighted by atomic mass is 9.82. The number of hydrogen-bond donors (Lipinski definition) is 1. The second kappa shape index (κ2) is 6.79. The van der Waals surface area contributed by atoms with E-state index in [1.165, 1.54) is 37.7 Å². The number of ether oxygens (including phenoxy) is 1. The summed E-state index contributed by atoms with van der Waals surface area (Å²) < 4.78 is 5.55. The van der Waals surface area contributed by atoms with Crippen LogP contribution < -0.4 is 10.1 Å². The van der Waals surface area contributed by atoms with Crippen molar-refractivity contribution < 1.29 is 4.74 Å². The number of benzene rings is 1. The van der Waals surface area contributed by atoms with E-state index >= 15 is 0 Å². The molecule has 0 bridgehead atoms. The quantitative estimate of drug-likeness (QED) is 0.829. The molecule has 1 aromatic carbocycles. The SMILES string of the molecule is CNCCC(c1ccccc1OC)C1CCCC1. The van der Waals surface area contributed by atoms with Gasteiger partial charge >= 0.3 is 0 Å². The van der Waals surface area contributed by atoms with Crippen LogP contribution in [0.2, 0.25) is 0 Å². The molecule has 2 heteroatoms. The molecular formula is C16H25NO. The van der Waals surface area contributed by atoms with Crippen LogP contribution in [0, 0.1) is 5.92 Å². The molecule has 1 unspecified atom stereocenters. The van der Waals surface area contributed by atoms with Crippen LogP contribution in [0.1, 0.15) is 43.6 Å². The van der Waals surface area contributed by atoms with Crippen LogP contribution in [-0.2, 0) is 0 Å². The lowest BCUT2D eigenvalue weighted by molar-refractivity contribution is 0.370. The molecule has 1 aliphatic carbocycles. The first kappa shape index (κ1) is 13.4. The molecule has 0 spiro atoms. The maximum atomic E-state index is 5.55. The first-order chi connectivity index (χ1) is 8.86. The van der Waals surface area contributed by atoms with Gasteiger partial charge in [0.2, 0.25) is 0 Å². The highest BCUT2D eigenvalue weighted by Gasteiger charge is 2.27. The van der Waals surface area contributed by atoms with Crippen molar-refractivity contribution in [1.29, 1.82) is 0 Å². The lowest BCUT2D eigenvalue weighted by Crippen LogP contribution is -2.18. The maximum Gasteiger partial charge on any atom is 0.122 e. The zero-order valence-corrected chi connectivity index (χ0v) is 11.6. The predicted molar refractivity (Wildman–Crippen MR) is 76.2 cm³/mol. The van der Waals surface area contributed by atoms with Gasteiger partial charge in [-0.1, -0.05) is 31.0 Å². The Morgan fingerprint density at radius 2 is 2.00 bits per heavy atom. The molecule has 1 saturated carbocycles. The third-order valence-corrected chi connectivity index (χ3v) is 4.21. The van der Waals surface area contributed by atoms with Gasteiger partial charge in [-0.25, -0.2) is 0 Å². The van der Waals surface area contributed by atoms with Crippen LogP contribution in [0.15, 0.2) is 24.3 Å². The van der Waals surface area contributed by atoms with Gasteiger partial charge in [0, 0.05) is 0 Å². The fourth-order valence-electron chi connectivity index (χ4n) is 3.28. The monoisotopic (exact) mass is 247 g/mol. The summed E-state index contributed by atoms with van der Waals surface area (Å²) in [5, 5.41) is 3.29. The van der Waals surface area contributed by atoms with Crippen LogP contribution in [0.5, 0.6) is 5.75 Å². The molecule has 2 rings (SSSR count). The Morgan fingerprint density at radius 3 is 2.67 bits per heavy atom. The molecule has 1 atom stereocenters. The minimum absolute atomic E-state index is 0.649. The summed E-state index contributed by atoms with van der Waals surface area (Å²) in [6.45, 7) is 1.08.